The molecule has 4 heteroatoms. The third kappa shape index (κ3) is 4.75. The molecule has 0 atom stereocenters. The van der Waals surface area contributed by atoms with E-state index in [-0.39, 0.29) is 12.5 Å². The maximum absolute atomic E-state index is 11.7. The molecule has 0 unspecified atom stereocenters. The van der Waals surface area contributed by atoms with Crippen molar-refractivity contribution in [1.29, 1.82) is 0 Å². The van der Waals surface area contributed by atoms with Crippen molar-refractivity contribution in [3.05, 3.63) is 29.3 Å². The van der Waals surface area contributed by atoms with Crippen LogP contribution in [0.4, 0.5) is 0 Å². The van der Waals surface area contributed by atoms with Gasteiger partial charge in [0.25, 0.3) is 5.91 Å². The lowest BCUT2D eigenvalue weighted by molar-refractivity contribution is -0.123. The Hall–Kier alpha value is -1.22. The molecule has 3 nitrogen and oxygen atoms in total. The van der Waals surface area contributed by atoms with E-state index in [1.54, 1.807) is 12.1 Å². The molecule has 1 aromatic rings. The lowest BCUT2D eigenvalue weighted by Crippen LogP contribution is -2.33. The fourth-order valence-electron chi connectivity index (χ4n) is 2.41. The van der Waals surface area contributed by atoms with Crippen molar-refractivity contribution in [1.82, 2.24) is 5.32 Å². The molecule has 1 saturated carbocycles. The fraction of sp³-hybridized carbons (Fsp3) is 0.533. The van der Waals surface area contributed by atoms with Crippen LogP contribution in [-0.4, -0.2) is 19.1 Å². The molecule has 104 valence electrons. The van der Waals surface area contributed by atoms with Crippen molar-refractivity contribution in [2.75, 3.05) is 13.2 Å². The van der Waals surface area contributed by atoms with Crippen LogP contribution in [0.3, 0.4) is 0 Å². The van der Waals surface area contributed by atoms with Gasteiger partial charge in [0.15, 0.2) is 6.61 Å². The van der Waals surface area contributed by atoms with E-state index in [4.69, 9.17) is 16.3 Å². The molecule has 0 heterocycles. The summed E-state index contributed by atoms with van der Waals surface area (Å²) in [5.74, 6) is 1.11. The molecular formula is C15H20ClNO2. The van der Waals surface area contributed by atoms with Crippen molar-refractivity contribution >= 4 is 17.5 Å². The number of amides is 1. The predicted octanol–water partition coefficient (Wildman–Crippen LogP) is 3.42. The van der Waals surface area contributed by atoms with Crippen LogP contribution in [0.25, 0.3) is 0 Å². The van der Waals surface area contributed by atoms with Gasteiger partial charge in [0.2, 0.25) is 0 Å². The average Bonchev–Trinajstić information content (AvgIpc) is 2.45. The van der Waals surface area contributed by atoms with Crippen molar-refractivity contribution in [3.63, 3.8) is 0 Å². The predicted molar refractivity (Wildman–Crippen MR) is 76.5 cm³/mol. The minimum absolute atomic E-state index is 0.0243. The van der Waals surface area contributed by atoms with E-state index in [1.165, 1.54) is 32.1 Å². The number of carbonyl (C=O) groups is 1. The summed E-state index contributed by atoms with van der Waals surface area (Å²) in [5, 5.41) is 3.47. The molecule has 0 radical (unpaired) electrons. The second-order valence-corrected chi connectivity index (χ2v) is 5.43. The fourth-order valence-corrected chi connectivity index (χ4v) is 2.60. The van der Waals surface area contributed by atoms with E-state index in [0.29, 0.717) is 16.7 Å². The average molecular weight is 282 g/mol. The Morgan fingerprint density at radius 1 is 1.26 bits per heavy atom. The van der Waals surface area contributed by atoms with Gasteiger partial charge in [-0.05, 0) is 30.9 Å². The van der Waals surface area contributed by atoms with Gasteiger partial charge in [0, 0.05) is 6.54 Å². The highest BCUT2D eigenvalue weighted by Gasteiger charge is 2.14. The number of halogens is 1. The Balaban J connectivity index is 1.68. The van der Waals surface area contributed by atoms with Crippen LogP contribution >= 0.6 is 11.6 Å². The smallest absolute Gasteiger partial charge is 0.257 e. The van der Waals surface area contributed by atoms with Crippen molar-refractivity contribution in [2.24, 2.45) is 5.92 Å². The number of carbonyl (C=O) groups excluding carboxylic acids is 1. The maximum Gasteiger partial charge on any atom is 0.257 e. The van der Waals surface area contributed by atoms with Gasteiger partial charge in [-0.2, -0.15) is 0 Å². The van der Waals surface area contributed by atoms with Crippen molar-refractivity contribution in [3.8, 4) is 5.75 Å². The van der Waals surface area contributed by atoms with Gasteiger partial charge >= 0.3 is 0 Å². The zero-order chi connectivity index (χ0) is 13.5. The van der Waals surface area contributed by atoms with Gasteiger partial charge < -0.3 is 10.1 Å². The van der Waals surface area contributed by atoms with Crippen LogP contribution in [0.15, 0.2) is 24.3 Å². The van der Waals surface area contributed by atoms with E-state index in [0.717, 1.165) is 6.54 Å². The standard InChI is InChI=1S/C15H20ClNO2/c16-13-8-4-5-9-14(13)19-11-15(18)17-10-12-6-2-1-3-7-12/h4-5,8-9,12H,1-3,6-7,10-11H2,(H,17,18). The Morgan fingerprint density at radius 2 is 2.00 bits per heavy atom. The summed E-state index contributed by atoms with van der Waals surface area (Å²) in [6, 6.07) is 7.17. The first-order valence-corrected chi connectivity index (χ1v) is 7.27. The second kappa shape index (κ2) is 7.39. The molecule has 19 heavy (non-hydrogen) atoms. The normalized spacial score (nSPS) is 16.1. The molecule has 2 rings (SSSR count). The highest BCUT2D eigenvalue weighted by Crippen LogP contribution is 2.23. The van der Waals surface area contributed by atoms with Gasteiger partial charge in [0.1, 0.15) is 5.75 Å². The number of hydrogen-bond acceptors (Lipinski definition) is 2. The molecule has 0 aliphatic heterocycles. The first-order valence-electron chi connectivity index (χ1n) is 6.90. The monoisotopic (exact) mass is 281 g/mol. The van der Waals surface area contributed by atoms with Crippen LogP contribution in [-0.2, 0) is 4.79 Å². The highest BCUT2D eigenvalue weighted by molar-refractivity contribution is 6.32. The molecule has 1 N–H and O–H groups in total. The highest BCUT2D eigenvalue weighted by atomic mass is 35.5. The van der Waals surface area contributed by atoms with E-state index in [2.05, 4.69) is 5.32 Å². The molecule has 1 aliphatic rings. The SMILES string of the molecule is O=C(COc1ccccc1Cl)NCC1CCCCC1. The maximum atomic E-state index is 11.7. The molecule has 1 fully saturated rings. The molecule has 0 saturated heterocycles. The summed E-state index contributed by atoms with van der Waals surface area (Å²) < 4.78 is 5.39. The summed E-state index contributed by atoms with van der Waals surface area (Å²) >= 11 is 5.95. The minimum Gasteiger partial charge on any atom is -0.482 e. The largest absolute Gasteiger partial charge is 0.482 e. The van der Waals surface area contributed by atoms with E-state index < -0.39 is 0 Å². The number of nitrogens with one attached hydrogen (secondary N) is 1. The van der Waals surface area contributed by atoms with Gasteiger partial charge in [-0.3, -0.25) is 4.79 Å². The second-order valence-electron chi connectivity index (χ2n) is 5.03. The number of ether oxygens (including phenoxy) is 1. The number of hydrogen-bond donors (Lipinski definition) is 1. The molecular weight excluding hydrogens is 262 g/mol. The molecule has 1 aliphatic carbocycles. The van der Waals surface area contributed by atoms with E-state index in [9.17, 15) is 4.79 Å². The number of benzene rings is 1. The summed E-state index contributed by atoms with van der Waals surface area (Å²) in [5.41, 5.74) is 0. The summed E-state index contributed by atoms with van der Waals surface area (Å²) in [6.45, 7) is 0.793. The van der Waals surface area contributed by atoms with Crippen molar-refractivity contribution < 1.29 is 9.53 Å². The molecule has 0 aromatic heterocycles. The van der Waals surface area contributed by atoms with Gasteiger partial charge in [-0.1, -0.05) is 43.0 Å². The van der Waals surface area contributed by atoms with E-state index >= 15 is 0 Å². The van der Waals surface area contributed by atoms with E-state index in [1.807, 2.05) is 12.1 Å². The molecule has 1 amide bonds. The Bertz CT molecular complexity index is 416. The lowest BCUT2D eigenvalue weighted by atomic mass is 9.89. The first kappa shape index (κ1) is 14.2. The topological polar surface area (TPSA) is 38.3 Å². The van der Waals surface area contributed by atoms with Gasteiger partial charge in [-0.15, -0.1) is 0 Å². The third-order valence-corrected chi connectivity index (χ3v) is 3.82. The van der Waals surface area contributed by atoms with Gasteiger partial charge in [0.05, 0.1) is 5.02 Å². The van der Waals surface area contributed by atoms with Crippen molar-refractivity contribution in [2.45, 2.75) is 32.1 Å². The molecule has 1 aromatic carbocycles. The number of para-hydroxylation sites is 1. The Morgan fingerprint density at radius 3 is 2.74 bits per heavy atom. The van der Waals surface area contributed by atoms with Crippen LogP contribution in [0.2, 0.25) is 5.02 Å². The number of rotatable bonds is 5. The van der Waals surface area contributed by atoms with Crippen LogP contribution in [0.1, 0.15) is 32.1 Å². The summed E-state index contributed by atoms with van der Waals surface area (Å²) in [7, 11) is 0. The summed E-state index contributed by atoms with van der Waals surface area (Å²) in [6.07, 6.45) is 6.37. The molecule has 0 bridgehead atoms. The van der Waals surface area contributed by atoms with Crippen LogP contribution in [0, 0.1) is 5.92 Å². The van der Waals surface area contributed by atoms with Crippen LogP contribution in [0.5, 0.6) is 5.75 Å². The molecule has 0 spiro atoms. The minimum atomic E-state index is -0.0782. The summed E-state index contributed by atoms with van der Waals surface area (Å²) in [4.78, 5) is 11.7. The zero-order valence-electron chi connectivity index (χ0n) is 11.0. The lowest BCUT2D eigenvalue weighted by Gasteiger charge is -2.21. The van der Waals surface area contributed by atoms with Gasteiger partial charge in [-0.25, -0.2) is 0 Å². The third-order valence-electron chi connectivity index (χ3n) is 3.51. The first-order chi connectivity index (χ1) is 9.25. The quantitative estimate of drug-likeness (QED) is 0.898. The Kier molecular flexibility index (Phi) is 5.52. The Labute approximate surface area is 119 Å². The van der Waals surface area contributed by atoms with Crippen LogP contribution < -0.4 is 10.1 Å². The zero-order valence-corrected chi connectivity index (χ0v) is 11.8.